The molecule has 102 valence electrons. The molecule has 0 atom stereocenters. The van der Waals surface area contributed by atoms with E-state index < -0.39 is 0 Å². The zero-order valence-electron chi connectivity index (χ0n) is 11.3. The molecule has 1 saturated heterocycles. The molecule has 0 unspecified atom stereocenters. The fraction of sp³-hybridized carbons (Fsp3) is 0.250. The first-order valence-corrected chi connectivity index (χ1v) is 6.65. The summed E-state index contributed by atoms with van der Waals surface area (Å²) in [4.78, 5) is 18.0. The molecule has 0 N–H and O–H groups in total. The second-order valence-electron chi connectivity index (χ2n) is 5.00. The first-order valence-electron chi connectivity index (χ1n) is 6.65. The standard InChI is InChI=1S/C16H16N2O2/c1-12-4-6-13(7-5-12)16(19)18-10-15(11-18)20-14-3-2-8-17-9-14/h2-9,15H,10-11H2,1H3. The highest BCUT2D eigenvalue weighted by atomic mass is 16.5. The van der Waals surface area contributed by atoms with Crippen molar-refractivity contribution in [3.8, 4) is 5.75 Å². The first-order chi connectivity index (χ1) is 9.72. The average Bonchev–Trinajstić information content (AvgIpc) is 2.44. The van der Waals surface area contributed by atoms with Crippen LogP contribution in [0.4, 0.5) is 0 Å². The minimum Gasteiger partial charge on any atom is -0.485 e. The first kappa shape index (κ1) is 12.7. The molecule has 1 aliphatic heterocycles. The molecule has 0 aliphatic carbocycles. The van der Waals surface area contributed by atoms with Crippen LogP contribution in [-0.4, -0.2) is 35.0 Å². The molecule has 0 spiro atoms. The molecule has 1 fully saturated rings. The maximum absolute atomic E-state index is 12.2. The lowest BCUT2D eigenvalue weighted by molar-refractivity contribution is 0.0176. The van der Waals surface area contributed by atoms with Gasteiger partial charge in [0.05, 0.1) is 19.3 Å². The number of rotatable bonds is 3. The van der Waals surface area contributed by atoms with E-state index in [2.05, 4.69) is 4.98 Å². The Morgan fingerprint density at radius 1 is 1.25 bits per heavy atom. The number of carbonyl (C=O) groups is 1. The predicted molar refractivity (Wildman–Crippen MR) is 75.7 cm³/mol. The Bertz CT molecular complexity index is 590. The van der Waals surface area contributed by atoms with Crippen molar-refractivity contribution >= 4 is 5.91 Å². The molecule has 0 saturated carbocycles. The largest absolute Gasteiger partial charge is 0.485 e. The fourth-order valence-electron chi connectivity index (χ4n) is 2.17. The molecule has 4 heteroatoms. The molecular formula is C16H16N2O2. The van der Waals surface area contributed by atoms with Crippen LogP contribution in [-0.2, 0) is 0 Å². The van der Waals surface area contributed by atoms with Crippen LogP contribution in [0.1, 0.15) is 15.9 Å². The van der Waals surface area contributed by atoms with Crippen LogP contribution in [0.25, 0.3) is 0 Å². The summed E-state index contributed by atoms with van der Waals surface area (Å²) in [5.74, 6) is 0.816. The Kier molecular flexibility index (Phi) is 3.37. The van der Waals surface area contributed by atoms with Gasteiger partial charge in [-0.2, -0.15) is 0 Å². The van der Waals surface area contributed by atoms with Gasteiger partial charge in [0.1, 0.15) is 11.9 Å². The number of ether oxygens (including phenoxy) is 1. The summed E-state index contributed by atoms with van der Waals surface area (Å²) in [5, 5.41) is 0. The number of hydrogen-bond acceptors (Lipinski definition) is 3. The van der Waals surface area contributed by atoms with Crippen LogP contribution in [0.3, 0.4) is 0 Å². The third-order valence-corrected chi connectivity index (χ3v) is 3.37. The number of benzene rings is 1. The Morgan fingerprint density at radius 2 is 2.00 bits per heavy atom. The Morgan fingerprint density at radius 3 is 2.65 bits per heavy atom. The Balaban J connectivity index is 1.55. The third kappa shape index (κ3) is 2.64. The molecule has 1 aromatic carbocycles. The van der Waals surface area contributed by atoms with Crippen molar-refractivity contribution in [2.45, 2.75) is 13.0 Å². The molecule has 0 radical (unpaired) electrons. The van der Waals surface area contributed by atoms with Crippen LogP contribution >= 0.6 is 0 Å². The van der Waals surface area contributed by atoms with E-state index in [1.54, 1.807) is 17.3 Å². The normalized spacial score (nSPS) is 14.8. The second-order valence-corrected chi connectivity index (χ2v) is 5.00. The van der Waals surface area contributed by atoms with Gasteiger partial charge in [-0.05, 0) is 31.2 Å². The third-order valence-electron chi connectivity index (χ3n) is 3.37. The number of nitrogens with zero attached hydrogens (tertiary/aromatic N) is 2. The number of carbonyl (C=O) groups excluding carboxylic acids is 1. The van der Waals surface area contributed by atoms with Crippen molar-refractivity contribution in [3.63, 3.8) is 0 Å². The lowest BCUT2D eigenvalue weighted by atomic mass is 10.1. The minimum absolute atomic E-state index is 0.0635. The van der Waals surface area contributed by atoms with Crippen LogP contribution in [0.15, 0.2) is 48.8 Å². The number of pyridine rings is 1. The summed E-state index contributed by atoms with van der Waals surface area (Å²) < 4.78 is 5.73. The quantitative estimate of drug-likeness (QED) is 0.857. The molecule has 1 aliphatic rings. The summed E-state index contributed by atoms with van der Waals surface area (Å²) in [6.07, 6.45) is 3.46. The molecule has 3 rings (SSSR count). The predicted octanol–water partition coefficient (Wildman–Crippen LogP) is 2.29. The zero-order valence-corrected chi connectivity index (χ0v) is 11.3. The van der Waals surface area contributed by atoms with Crippen LogP contribution in [0, 0.1) is 6.92 Å². The topological polar surface area (TPSA) is 42.4 Å². The van der Waals surface area contributed by atoms with Crippen molar-refractivity contribution in [2.75, 3.05) is 13.1 Å². The van der Waals surface area contributed by atoms with E-state index in [-0.39, 0.29) is 12.0 Å². The fourth-order valence-corrected chi connectivity index (χ4v) is 2.17. The molecular weight excluding hydrogens is 252 g/mol. The Hall–Kier alpha value is -2.36. The van der Waals surface area contributed by atoms with Crippen molar-refractivity contribution < 1.29 is 9.53 Å². The van der Waals surface area contributed by atoms with Gasteiger partial charge in [0, 0.05) is 11.8 Å². The van der Waals surface area contributed by atoms with Gasteiger partial charge in [0.2, 0.25) is 0 Å². The highest BCUT2D eigenvalue weighted by Crippen LogP contribution is 2.19. The number of aromatic nitrogens is 1. The smallest absolute Gasteiger partial charge is 0.254 e. The second kappa shape index (κ2) is 5.33. The average molecular weight is 268 g/mol. The van der Waals surface area contributed by atoms with Gasteiger partial charge in [-0.1, -0.05) is 17.7 Å². The highest BCUT2D eigenvalue weighted by Gasteiger charge is 2.32. The van der Waals surface area contributed by atoms with E-state index in [9.17, 15) is 4.79 Å². The maximum Gasteiger partial charge on any atom is 0.254 e. The molecule has 1 aromatic heterocycles. The summed E-state index contributed by atoms with van der Waals surface area (Å²) in [6.45, 7) is 3.26. The number of likely N-dealkylation sites (tertiary alicyclic amines) is 1. The van der Waals surface area contributed by atoms with Crippen molar-refractivity contribution in [1.29, 1.82) is 0 Å². The number of amides is 1. The lowest BCUT2D eigenvalue weighted by Gasteiger charge is -2.38. The van der Waals surface area contributed by atoms with Gasteiger partial charge in [0.15, 0.2) is 0 Å². The molecule has 4 nitrogen and oxygen atoms in total. The van der Waals surface area contributed by atoms with Crippen molar-refractivity contribution in [3.05, 3.63) is 59.9 Å². The monoisotopic (exact) mass is 268 g/mol. The van der Waals surface area contributed by atoms with Gasteiger partial charge in [0.25, 0.3) is 5.91 Å². The van der Waals surface area contributed by atoms with Gasteiger partial charge in [-0.25, -0.2) is 0 Å². The maximum atomic E-state index is 12.2. The van der Waals surface area contributed by atoms with Crippen LogP contribution in [0.5, 0.6) is 5.75 Å². The van der Waals surface area contributed by atoms with E-state index >= 15 is 0 Å². The molecule has 2 aromatic rings. The number of aryl methyl sites for hydroxylation is 1. The zero-order chi connectivity index (χ0) is 13.9. The van der Waals surface area contributed by atoms with Gasteiger partial charge in [-0.3, -0.25) is 9.78 Å². The van der Waals surface area contributed by atoms with Gasteiger partial charge >= 0.3 is 0 Å². The molecule has 1 amide bonds. The summed E-state index contributed by atoms with van der Waals surface area (Å²) in [5.41, 5.74) is 1.89. The van der Waals surface area contributed by atoms with Crippen molar-refractivity contribution in [2.24, 2.45) is 0 Å². The van der Waals surface area contributed by atoms with Gasteiger partial charge in [-0.15, -0.1) is 0 Å². The van der Waals surface area contributed by atoms with E-state index in [0.29, 0.717) is 13.1 Å². The van der Waals surface area contributed by atoms with E-state index in [4.69, 9.17) is 4.74 Å². The van der Waals surface area contributed by atoms with Gasteiger partial charge < -0.3 is 9.64 Å². The summed E-state index contributed by atoms with van der Waals surface area (Å²) in [6, 6.07) is 11.4. The van der Waals surface area contributed by atoms with Crippen molar-refractivity contribution in [1.82, 2.24) is 9.88 Å². The van der Waals surface area contributed by atoms with E-state index in [1.807, 2.05) is 43.3 Å². The Labute approximate surface area is 118 Å². The molecule has 0 bridgehead atoms. The molecule has 20 heavy (non-hydrogen) atoms. The van der Waals surface area contributed by atoms with E-state index in [0.717, 1.165) is 16.9 Å². The van der Waals surface area contributed by atoms with Crippen LogP contribution in [0.2, 0.25) is 0 Å². The summed E-state index contributed by atoms with van der Waals surface area (Å²) in [7, 11) is 0. The van der Waals surface area contributed by atoms with Crippen LogP contribution < -0.4 is 4.74 Å². The minimum atomic E-state index is 0.0635. The molecule has 2 heterocycles. The number of hydrogen-bond donors (Lipinski definition) is 0. The summed E-state index contributed by atoms with van der Waals surface area (Å²) >= 11 is 0. The SMILES string of the molecule is Cc1ccc(C(=O)N2CC(Oc3cccnc3)C2)cc1. The highest BCUT2D eigenvalue weighted by molar-refractivity contribution is 5.94. The van der Waals surface area contributed by atoms with E-state index in [1.165, 1.54) is 0 Å². The lowest BCUT2D eigenvalue weighted by Crippen LogP contribution is -2.56.